The summed E-state index contributed by atoms with van der Waals surface area (Å²) in [5.74, 6) is 0.806. The first kappa shape index (κ1) is 10.2. The Balaban J connectivity index is 2.47. The number of ether oxygens (including phenoxy) is 1. The molecule has 2 heteroatoms. The van der Waals surface area contributed by atoms with Crippen molar-refractivity contribution in [3.8, 4) is 0 Å². The van der Waals surface area contributed by atoms with Crippen LogP contribution in [-0.4, -0.2) is 19.0 Å². The molecule has 15 heavy (non-hydrogen) atoms. The van der Waals surface area contributed by atoms with Crippen molar-refractivity contribution in [1.82, 2.24) is 0 Å². The van der Waals surface area contributed by atoms with Crippen molar-refractivity contribution in [2.45, 2.75) is 26.2 Å². The van der Waals surface area contributed by atoms with E-state index >= 15 is 0 Å². The van der Waals surface area contributed by atoms with Crippen LogP contribution < -0.4 is 0 Å². The van der Waals surface area contributed by atoms with E-state index in [0.717, 1.165) is 18.0 Å². The summed E-state index contributed by atoms with van der Waals surface area (Å²) >= 11 is 0. The molecule has 0 amide bonds. The normalized spacial score (nSPS) is 16.1. The van der Waals surface area contributed by atoms with Gasteiger partial charge in [-0.2, -0.15) is 0 Å². The molecule has 1 aliphatic heterocycles. The van der Waals surface area contributed by atoms with Gasteiger partial charge in [0.25, 0.3) is 0 Å². The molecule has 1 heterocycles. The Morgan fingerprint density at radius 1 is 1.20 bits per heavy atom. The maximum Gasteiger partial charge on any atom is 0.216 e. The Hall–Kier alpha value is -1.31. The lowest BCUT2D eigenvalue weighted by Gasteiger charge is -2.22. The Morgan fingerprint density at radius 3 is 2.53 bits per heavy atom. The quantitative estimate of drug-likeness (QED) is 0.687. The van der Waals surface area contributed by atoms with Crippen LogP contribution in [0.2, 0.25) is 0 Å². The molecule has 0 unspecified atom stereocenters. The lowest BCUT2D eigenvalue weighted by Crippen LogP contribution is -2.17. The van der Waals surface area contributed by atoms with Crippen molar-refractivity contribution < 1.29 is 4.74 Å². The van der Waals surface area contributed by atoms with Crippen LogP contribution in [0.25, 0.3) is 0 Å². The number of rotatable bonds is 1. The largest absolute Gasteiger partial charge is 0.476 e. The molecule has 80 valence electrons. The molecule has 0 fully saturated rings. The van der Waals surface area contributed by atoms with Gasteiger partial charge in [0.1, 0.15) is 6.61 Å². The molecule has 0 saturated carbocycles. The van der Waals surface area contributed by atoms with Gasteiger partial charge in [0.05, 0.1) is 6.54 Å². The molecule has 0 aliphatic carbocycles. The number of hydrogen-bond donors (Lipinski definition) is 0. The summed E-state index contributed by atoms with van der Waals surface area (Å²) in [5, 5.41) is 0. The van der Waals surface area contributed by atoms with Crippen molar-refractivity contribution in [3.05, 3.63) is 35.4 Å². The molecule has 2 rings (SSSR count). The summed E-state index contributed by atoms with van der Waals surface area (Å²) in [6.45, 7) is 8.13. The summed E-state index contributed by atoms with van der Waals surface area (Å²) in [6, 6.07) is 8.35. The van der Waals surface area contributed by atoms with Crippen LogP contribution in [0.5, 0.6) is 0 Å². The van der Waals surface area contributed by atoms with Gasteiger partial charge >= 0.3 is 0 Å². The fourth-order valence-corrected chi connectivity index (χ4v) is 1.82. The number of benzene rings is 1. The standard InChI is InChI=1S/C13H17NO/c1-13(2,3)11-7-5-4-6-10(11)12-14-8-9-15-12/h4-7H,8-9H2,1-3H3. The molecule has 0 bridgehead atoms. The molecule has 1 aromatic rings. The van der Waals surface area contributed by atoms with Gasteiger partial charge in [0.15, 0.2) is 0 Å². The topological polar surface area (TPSA) is 21.6 Å². The fourth-order valence-electron chi connectivity index (χ4n) is 1.82. The molecule has 2 nitrogen and oxygen atoms in total. The third-order valence-electron chi connectivity index (χ3n) is 2.55. The molecular formula is C13H17NO. The fraction of sp³-hybridized carbons (Fsp3) is 0.462. The van der Waals surface area contributed by atoms with Crippen molar-refractivity contribution in [3.63, 3.8) is 0 Å². The van der Waals surface area contributed by atoms with Crippen LogP contribution >= 0.6 is 0 Å². The summed E-state index contributed by atoms with van der Waals surface area (Å²) in [5.41, 5.74) is 2.57. The van der Waals surface area contributed by atoms with Gasteiger partial charge in [0.2, 0.25) is 5.90 Å². The third kappa shape index (κ3) is 2.04. The first-order valence-corrected chi connectivity index (χ1v) is 5.36. The average molecular weight is 203 g/mol. The highest BCUT2D eigenvalue weighted by atomic mass is 16.5. The smallest absolute Gasteiger partial charge is 0.216 e. The molecule has 1 aromatic carbocycles. The van der Waals surface area contributed by atoms with Gasteiger partial charge in [-0.05, 0) is 17.0 Å². The van der Waals surface area contributed by atoms with E-state index in [-0.39, 0.29) is 5.41 Å². The molecule has 0 aromatic heterocycles. The molecule has 0 saturated heterocycles. The van der Waals surface area contributed by atoms with E-state index in [2.05, 4.69) is 44.0 Å². The second kappa shape index (κ2) is 3.69. The van der Waals surface area contributed by atoms with Crippen LogP contribution in [-0.2, 0) is 10.2 Å². The van der Waals surface area contributed by atoms with E-state index in [1.165, 1.54) is 5.56 Å². The summed E-state index contributed by atoms with van der Waals surface area (Å²) in [7, 11) is 0. The Morgan fingerprint density at radius 2 is 1.93 bits per heavy atom. The summed E-state index contributed by atoms with van der Waals surface area (Å²) in [4.78, 5) is 4.37. The minimum absolute atomic E-state index is 0.130. The number of nitrogens with zero attached hydrogens (tertiary/aromatic N) is 1. The van der Waals surface area contributed by atoms with Gasteiger partial charge in [0, 0.05) is 5.56 Å². The highest BCUT2D eigenvalue weighted by Gasteiger charge is 2.21. The lowest BCUT2D eigenvalue weighted by atomic mass is 9.84. The number of hydrogen-bond acceptors (Lipinski definition) is 2. The van der Waals surface area contributed by atoms with Gasteiger partial charge in [-0.25, -0.2) is 4.99 Å². The van der Waals surface area contributed by atoms with Gasteiger partial charge in [-0.15, -0.1) is 0 Å². The summed E-state index contributed by atoms with van der Waals surface area (Å²) < 4.78 is 5.52. The van der Waals surface area contributed by atoms with Crippen molar-refractivity contribution in [2.24, 2.45) is 4.99 Å². The van der Waals surface area contributed by atoms with Gasteiger partial charge in [-0.3, -0.25) is 0 Å². The SMILES string of the molecule is CC(C)(C)c1ccccc1C1=NCCO1. The Kier molecular flexibility index (Phi) is 2.51. The average Bonchev–Trinajstić information content (AvgIpc) is 2.69. The highest BCUT2D eigenvalue weighted by Crippen LogP contribution is 2.27. The van der Waals surface area contributed by atoms with E-state index in [4.69, 9.17) is 4.74 Å². The Labute approximate surface area is 91.0 Å². The summed E-state index contributed by atoms with van der Waals surface area (Å²) in [6.07, 6.45) is 0. The van der Waals surface area contributed by atoms with Crippen LogP contribution in [0.15, 0.2) is 29.3 Å². The molecule has 0 atom stereocenters. The molecule has 0 N–H and O–H groups in total. The van der Waals surface area contributed by atoms with Crippen LogP contribution in [0.1, 0.15) is 31.9 Å². The van der Waals surface area contributed by atoms with Crippen molar-refractivity contribution >= 4 is 5.90 Å². The first-order valence-electron chi connectivity index (χ1n) is 5.36. The van der Waals surface area contributed by atoms with Crippen LogP contribution in [0.3, 0.4) is 0 Å². The van der Waals surface area contributed by atoms with E-state index in [1.54, 1.807) is 0 Å². The first-order chi connectivity index (χ1) is 7.09. The highest BCUT2D eigenvalue weighted by molar-refractivity contribution is 5.96. The monoisotopic (exact) mass is 203 g/mol. The zero-order chi connectivity index (χ0) is 10.9. The van der Waals surface area contributed by atoms with Crippen LogP contribution in [0.4, 0.5) is 0 Å². The third-order valence-corrected chi connectivity index (χ3v) is 2.55. The number of aliphatic imine (C=N–C) groups is 1. The van der Waals surface area contributed by atoms with E-state index in [0.29, 0.717) is 6.61 Å². The molecule has 0 spiro atoms. The Bertz CT molecular complexity index is 388. The second-order valence-electron chi connectivity index (χ2n) is 4.83. The van der Waals surface area contributed by atoms with E-state index in [1.807, 2.05) is 6.07 Å². The zero-order valence-electron chi connectivity index (χ0n) is 9.58. The van der Waals surface area contributed by atoms with Crippen LogP contribution in [0, 0.1) is 0 Å². The second-order valence-corrected chi connectivity index (χ2v) is 4.83. The van der Waals surface area contributed by atoms with Crippen molar-refractivity contribution in [2.75, 3.05) is 13.2 Å². The minimum atomic E-state index is 0.130. The molecule has 1 aliphatic rings. The van der Waals surface area contributed by atoms with Crippen molar-refractivity contribution in [1.29, 1.82) is 0 Å². The minimum Gasteiger partial charge on any atom is -0.476 e. The van der Waals surface area contributed by atoms with Gasteiger partial charge < -0.3 is 4.74 Å². The maximum atomic E-state index is 5.52. The van der Waals surface area contributed by atoms with Gasteiger partial charge in [-0.1, -0.05) is 39.0 Å². The van der Waals surface area contributed by atoms with E-state index < -0.39 is 0 Å². The van der Waals surface area contributed by atoms with E-state index in [9.17, 15) is 0 Å². The zero-order valence-corrected chi connectivity index (χ0v) is 9.58. The molecule has 0 radical (unpaired) electrons. The predicted octanol–water partition coefficient (Wildman–Crippen LogP) is 2.76. The lowest BCUT2D eigenvalue weighted by molar-refractivity contribution is 0.347. The maximum absolute atomic E-state index is 5.52. The molecular weight excluding hydrogens is 186 g/mol. The predicted molar refractivity (Wildman–Crippen MR) is 62.5 cm³/mol.